The van der Waals surface area contributed by atoms with E-state index in [0.29, 0.717) is 18.4 Å². The first-order valence-electron chi connectivity index (χ1n) is 7.86. The van der Waals surface area contributed by atoms with Crippen molar-refractivity contribution in [1.29, 1.82) is 0 Å². The quantitative estimate of drug-likeness (QED) is 0.433. The first-order valence-corrected chi connectivity index (χ1v) is 9.02. The summed E-state index contributed by atoms with van der Waals surface area (Å²) in [6, 6.07) is 8.16. The third-order valence-electron chi connectivity index (χ3n) is 3.83. The number of rotatable bonds is 4. The number of thioether (sulfide) groups is 1. The van der Waals surface area contributed by atoms with Crippen molar-refractivity contribution in [2.45, 2.75) is 13.3 Å². The Morgan fingerprint density at radius 2 is 2.00 bits per heavy atom. The Bertz CT molecular complexity index is 665. The highest BCUT2D eigenvalue weighted by molar-refractivity contribution is 14.0. The van der Waals surface area contributed by atoms with Crippen LogP contribution in [0.25, 0.3) is 11.5 Å². The molecule has 24 heavy (non-hydrogen) atoms. The Hall–Kier alpha value is -1.22. The number of aromatic nitrogens is 1. The zero-order valence-electron chi connectivity index (χ0n) is 13.8. The minimum Gasteiger partial charge on any atom is -0.444 e. The molecule has 0 atom stereocenters. The van der Waals surface area contributed by atoms with Gasteiger partial charge in [0.15, 0.2) is 5.96 Å². The third-order valence-corrected chi connectivity index (χ3v) is 4.77. The van der Waals surface area contributed by atoms with E-state index < -0.39 is 0 Å². The molecule has 0 spiro atoms. The lowest BCUT2D eigenvalue weighted by atomic mass is 10.1. The molecule has 2 N–H and O–H groups in total. The van der Waals surface area contributed by atoms with Crippen molar-refractivity contribution in [2.24, 2.45) is 10.7 Å². The van der Waals surface area contributed by atoms with E-state index in [1.165, 1.54) is 5.56 Å². The van der Waals surface area contributed by atoms with Gasteiger partial charge in [-0.15, -0.1) is 24.0 Å². The first-order chi connectivity index (χ1) is 11.2. The summed E-state index contributed by atoms with van der Waals surface area (Å²) in [4.78, 5) is 11.1. The number of aryl methyl sites for hydroxylation is 1. The molecule has 0 saturated carbocycles. The predicted octanol–water partition coefficient (Wildman–Crippen LogP) is 3.17. The lowest BCUT2D eigenvalue weighted by Gasteiger charge is -2.27. The minimum atomic E-state index is 0. The third kappa shape index (κ3) is 5.14. The van der Waals surface area contributed by atoms with Crippen molar-refractivity contribution < 1.29 is 4.42 Å². The molecule has 0 amide bonds. The second-order valence-corrected chi connectivity index (χ2v) is 6.82. The lowest BCUT2D eigenvalue weighted by molar-refractivity contribution is 0.456. The molecule has 130 valence electrons. The summed E-state index contributed by atoms with van der Waals surface area (Å²) >= 11 is 1.96. The number of nitrogens with two attached hydrogens (primary N) is 1. The number of guanidine groups is 1. The van der Waals surface area contributed by atoms with E-state index in [2.05, 4.69) is 33.9 Å². The van der Waals surface area contributed by atoms with Gasteiger partial charge < -0.3 is 15.1 Å². The van der Waals surface area contributed by atoms with Crippen molar-refractivity contribution in [3.8, 4) is 11.5 Å². The molecular formula is C17H23IN4OS. The topological polar surface area (TPSA) is 67.7 Å². The van der Waals surface area contributed by atoms with Crippen LogP contribution in [0.4, 0.5) is 0 Å². The van der Waals surface area contributed by atoms with Crippen LogP contribution in [0, 0.1) is 6.92 Å². The average molecular weight is 458 g/mol. The monoisotopic (exact) mass is 458 g/mol. The van der Waals surface area contributed by atoms with Crippen molar-refractivity contribution >= 4 is 41.7 Å². The van der Waals surface area contributed by atoms with Crippen molar-refractivity contribution in [1.82, 2.24) is 9.88 Å². The molecular weight excluding hydrogens is 435 g/mol. The molecule has 1 aliphatic heterocycles. The van der Waals surface area contributed by atoms with E-state index in [1.807, 2.05) is 23.9 Å². The van der Waals surface area contributed by atoms with Crippen LogP contribution in [0.1, 0.15) is 11.3 Å². The van der Waals surface area contributed by atoms with E-state index in [0.717, 1.165) is 42.3 Å². The SMILES string of the molecule is Cc1ccc(-c2nc(CCN=C(N)N3CCSCC3)co2)cc1.I. The van der Waals surface area contributed by atoms with Crippen LogP contribution in [-0.4, -0.2) is 47.0 Å². The Morgan fingerprint density at radius 1 is 1.29 bits per heavy atom. The van der Waals surface area contributed by atoms with E-state index in [4.69, 9.17) is 10.2 Å². The zero-order chi connectivity index (χ0) is 16.1. The van der Waals surface area contributed by atoms with E-state index >= 15 is 0 Å². The van der Waals surface area contributed by atoms with E-state index in [-0.39, 0.29) is 24.0 Å². The summed E-state index contributed by atoms with van der Waals surface area (Å²) in [5.41, 5.74) is 9.17. The number of benzene rings is 1. The Labute approximate surface area is 164 Å². The number of oxazole rings is 1. The van der Waals surface area contributed by atoms with Crippen LogP contribution < -0.4 is 5.73 Å². The van der Waals surface area contributed by atoms with Crippen molar-refractivity contribution in [2.75, 3.05) is 31.1 Å². The lowest BCUT2D eigenvalue weighted by Crippen LogP contribution is -2.42. The molecule has 2 aromatic rings. The molecule has 0 bridgehead atoms. The fourth-order valence-corrected chi connectivity index (χ4v) is 3.33. The van der Waals surface area contributed by atoms with Gasteiger partial charge in [-0.1, -0.05) is 17.7 Å². The molecule has 1 aromatic carbocycles. The number of nitrogens with zero attached hydrogens (tertiary/aromatic N) is 3. The van der Waals surface area contributed by atoms with Crippen LogP contribution in [0.3, 0.4) is 0 Å². The van der Waals surface area contributed by atoms with E-state index in [1.54, 1.807) is 6.26 Å². The summed E-state index contributed by atoms with van der Waals surface area (Å²) < 4.78 is 5.56. The average Bonchev–Trinajstić information content (AvgIpc) is 3.05. The van der Waals surface area contributed by atoms with Gasteiger partial charge in [0.2, 0.25) is 5.89 Å². The number of hydrogen-bond acceptors (Lipinski definition) is 4. The van der Waals surface area contributed by atoms with Crippen LogP contribution in [0.5, 0.6) is 0 Å². The molecule has 1 aromatic heterocycles. The highest BCUT2D eigenvalue weighted by Crippen LogP contribution is 2.19. The summed E-state index contributed by atoms with van der Waals surface area (Å²) in [6.45, 7) is 4.67. The highest BCUT2D eigenvalue weighted by atomic mass is 127. The fraction of sp³-hybridized carbons (Fsp3) is 0.412. The summed E-state index contributed by atoms with van der Waals surface area (Å²) in [7, 11) is 0. The number of aliphatic imine (C=N–C) groups is 1. The molecule has 0 unspecified atom stereocenters. The van der Waals surface area contributed by atoms with Gasteiger partial charge in [0, 0.05) is 43.1 Å². The molecule has 1 fully saturated rings. The maximum atomic E-state index is 6.05. The molecule has 1 aliphatic rings. The van der Waals surface area contributed by atoms with Gasteiger partial charge in [0.1, 0.15) is 6.26 Å². The summed E-state index contributed by atoms with van der Waals surface area (Å²) in [5.74, 6) is 3.55. The van der Waals surface area contributed by atoms with Crippen LogP contribution in [-0.2, 0) is 6.42 Å². The van der Waals surface area contributed by atoms with Crippen LogP contribution >= 0.6 is 35.7 Å². The molecule has 5 nitrogen and oxygen atoms in total. The minimum absolute atomic E-state index is 0. The molecule has 7 heteroatoms. The van der Waals surface area contributed by atoms with Gasteiger partial charge in [-0.05, 0) is 19.1 Å². The van der Waals surface area contributed by atoms with Crippen molar-refractivity contribution in [3.63, 3.8) is 0 Å². The van der Waals surface area contributed by atoms with Crippen LogP contribution in [0.2, 0.25) is 0 Å². The van der Waals surface area contributed by atoms with Crippen LogP contribution in [0.15, 0.2) is 39.9 Å². The van der Waals surface area contributed by atoms with E-state index in [9.17, 15) is 0 Å². The maximum absolute atomic E-state index is 6.05. The van der Waals surface area contributed by atoms with Gasteiger partial charge >= 0.3 is 0 Å². The molecule has 3 rings (SSSR count). The summed E-state index contributed by atoms with van der Waals surface area (Å²) in [6.07, 6.45) is 2.44. The largest absolute Gasteiger partial charge is 0.444 e. The smallest absolute Gasteiger partial charge is 0.226 e. The number of hydrogen-bond donors (Lipinski definition) is 1. The Morgan fingerprint density at radius 3 is 2.71 bits per heavy atom. The summed E-state index contributed by atoms with van der Waals surface area (Å²) in [5, 5.41) is 0. The second kappa shape index (κ2) is 9.31. The Balaban J connectivity index is 0.00000208. The zero-order valence-corrected chi connectivity index (χ0v) is 16.9. The predicted molar refractivity (Wildman–Crippen MR) is 111 cm³/mol. The maximum Gasteiger partial charge on any atom is 0.226 e. The fourth-order valence-electron chi connectivity index (χ4n) is 2.43. The normalized spacial score (nSPS) is 15.2. The van der Waals surface area contributed by atoms with Gasteiger partial charge in [-0.3, -0.25) is 4.99 Å². The van der Waals surface area contributed by atoms with Gasteiger partial charge in [0.25, 0.3) is 0 Å². The molecule has 0 radical (unpaired) electrons. The van der Waals surface area contributed by atoms with Crippen molar-refractivity contribution in [3.05, 3.63) is 41.8 Å². The van der Waals surface area contributed by atoms with Gasteiger partial charge in [0.05, 0.1) is 5.69 Å². The molecule has 2 heterocycles. The first kappa shape index (κ1) is 19.1. The van der Waals surface area contributed by atoms with Gasteiger partial charge in [-0.25, -0.2) is 4.98 Å². The molecule has 0 aliphatic carbocycles. The van der Waals surface area contributed by atoms with Gasteiger partial charge in [-0.2, -0.15) is 11.8 Å². The highest BCUT2D eigenvalue weighted by Gasteiger charge is 2.12. The Kier molecular flexibility index (Phi) is 7.41. The standard InChI is InChI=1S/C17H22N4OS.HI/c1-13-2-4-14(5-3-13)16-20-15(12-22-16)6-7-19-17(18)21-8-10-23-11-9-21;/h2-5,12H,6-11H2,1H3,(H2,18,19);1H. The number of halogens is 1. The second-order valence-electron chi connectivity index (χ2n) is 5.60. The molecule has 1 saturated heterocycles.